The molecule has 1 saturated heterocycles. The molecule has 4 heteroatoms. The van der Waals surface area contributed by atoms with Crippen LogP contribution in [0.1, 0.15) is 18.4 Å². The molecule has 1 aliphatic rings. The fourth-order valence-corrected chi connectivity index (χ4v) is 2.39. The lowest BCUT2D eigenvalue weighted by molar-refractivity contribution is 0.122. The van der Waals surface area contributed by atoms with Crippen LogP contribution < -0.4 is 0 Å². The van der Waals surface area contributed by atoms with Crippen LogP contribution in [-0.2, 0) is 0 Å². The predicted molar refractivity (Wildman–Crippen MR) is 73.8 cm³/mol. The highest BCUT2D eigenvalue weighted by molar-refractivity contribution is 9.10. The van der Waals surface area contributed by atoms with Crippen molar-refractivity contribution in [2.24, 2.45) is 0 Å². The van der Waals surface area contributed by atoms with E-state index in [9.17, 15) is 8.78 Å². The third kappa shape index (κ3) is 4.18. The Hall–Kier alpha value is -0.740. The fourth-order valence-electron chi connectivity index (χ4n) is 2.13. The Balaban J connectivity index is 1.90. The number of alkyl halides is 2. The van der Waals surface area contributed by atoms with Gasteiger partial charge in [0, 0.05) is 30.5 Å². The Morgan fingerprint density at radius 2 is 2.00 bits per heavy atom. The molecule has 1 nitrogen and oxygen atoms in total. The second kappa shape index (κ2) is 6.43. The summed E-state index contributed by atoms with van der Waals surface area (Å²) in [4.78, 5) is 2.09. The third-order valence-corrected chi connectivity index (χ3v) is 3.61. The van der Waals surface area contributed by atoms with Crippen LogP contribution in [0.3, 0.4) is 0 Å². The van der Waals surface area contributed by atoms with E-state index in [2.05, 4.69) is 39.0 Å². The molecule has 0 saturated carbocycles. The second-order valence-corrected chi connectivity index (χ2v) is 5.48. The van der Waals surface area contributed by atoms with Crippen molar-refractivity contribution in [1.29, 1.82) is 0 Å². The van der Waals surface area contributed by atoms with Crippen molar-refractivity contribution in [3.05, 3.63) is 39.9 Å². The van der Waals surface area contributed by atoms with Crippen molar-refractivity contribution in [3.63, 3.8) is 0 Å². The van der Waals surface area contributed by atoms with E-state index < -0.39 is 6.43 Å². The van der Waals surface area contributed by atoms with Gasteiger partial charge in [-0.05, 0) is 24.1 Å². The zero-order valence-corrected chi connectivity index (χ0v) is 11.7. The molecule has 0 bridgehead atoms. The van der Waals surface area contributed by atoms with Gasteiger partial charge >= 0.3 is 0 Å². The van der Waals surface area contributed by atoms with Crippen molar-refractivity contribution in [3.8, 4) is 0 Å². The molecule has 18 heavy (non-hydrogen) atoms. The summed E-state index contributed by atoms with van der Waals surface area (Å²) in [7, 11) is 0. The van der Waals surface area contributed by atoms with E-state index in [4.69, 9.17) is 0 Å². The van der Waals surface area contributed by atoms with Crippen LogP contribution >= 0.6 is 15.9 Å². The Labute approximate surface area is 115 Å². The summed E-state index contributed by atoms with van der Waals surface area (Å²) in [6.07, 6.45) is 0.934. The topological polar surface area (TPSA) is 3.24 Å². The first-order valence-electron chi connectivity index (χ1n) is 6.09. The van der Waals surface area contributed by atoms with Crippen molar-refractivity contribution in [2.45, 2.75) is 19.3 Å². The zero-order chi connectivity index (χ0) is 13.0. The summed E-state index contributed by atoms with van der Waals surface area (Å²) >= 11 is 3.40. The molecule has 1 aliphatic heterocycles. The SMILES string of the molecule is FC(F)CCN1CC/C(=C/c2ccc(Br)cc2)C1. The van der Waals surface area contributed by atoms with Crippen LogP contribution in [-0.4, -0.2) is 31.0 Å². The summed E-state index contributed by atoms with van der Waals surface area (Å²) < 4.78 is 25.3. The number of halogens is 3. The molecule has 0 N–H and O–H groups in total. The molecule has 0 unspecified atom stereocenters. The van der Waals surface area contributed by atoms with Crippen molar-refractivity contribution in [1.82, 2.24) is 4.90 Å². The van der Waals surface area contributed by atoms with Gasteiger partial charge < -0.3 is 0 Å². The van der Waals surface area contributed by atoms with Crippen LogP contribution in [0.4, 0.5) is 8.78 Å². The van der Waals surface area contributed by atoms with E-state index in [0.717, 1.165) is 24.0 Å². The molecule has 1 aromatic rings. The maximum absolute atomic E-state index is 12.1. The predicted octanol–water partition coefficient (Wildman–Crippen LogP) is 4.19. The highest BCUT2D eigenvalue weighted by Crippen LogP contribution is 2.20. The minimum atomic E-state index is -2.19. The standard InChI is InChI=1S/C14H16BrF2N/c15-13-3-1-11(2-4-13)9-12-5-7-18(10-12)8-6-14(16)17/h1-4,9,14H,5-8,10H2/b12-9-. The van der Waals surface area contributed by atoms with Crippen molar-refractivity contribution < 1.29 is 8.78 Å². The first-order valence-corrected chi connectivity index (χ1v) is 6.88. The van der Waals surface area contributed by atoms with E-state index in [1.165, 1.54) is 11.1 Å². The first kappa shape index (κ1) is 13.7. The van der Waals surface area contributed by atoms with Crippen molar-refractivity contribution in [2.75, 3.05) is 19.6 Å². The lowest BCUT2D eigenvalue weighted by Gasteiger charge is -2.13. The van der Waals surface area contributed by atoms with Gasteiger partial charge in [0.05, 0.1) is 0 Å². The molecule has 98 valence electrons. The molecule has 1 heterocycles. The minimum Gasteiger partial charge on any atom is -0.299 e. The van der Waals surface area contributed by atoms with Gasteiger partial charge in [0.25, 0.3) is 0 Å². The van der Waals surface area contributed by atoms with Crippen LogP contribution in [0.25, 0.3) is 6.08 Å². The molecule has 0 amide bonds. The normalized spacial score (nSPS) is 19.0. The number of hydrogen-bond acceptors (Lipinski definition) is 1. The van der Waals surface area contributed by atoms with Gasteiger partial charge in [-0.1, -0.05) is 39.7 Å². The molecule has 0 atom stereocenters. The van der Waals surface area contributed by atoms with Gasteiger partial charge in [0.1, 0.15) is 0 Å². The summed E-state index contributed by atoms with van der Waals surface area (Å²) in [6, 6.07) is 8.13. The number of nitrogens with zero attached hydrogens (tertiary/aromatic N) is 1. The van der Waals surface area contributed by atoms with Crippen LogP contribution in [0.15, 0.2) is 34.3 Å². The smallest absolute Gasteiger partial charge is 0.239 e. The van der Waals surface area contributed by atoms with E-state index in [1.54, 1.807) is 0 Å². The molecule has 0 aliphatic carbocycles. The number of hydrogen-bond donors (Lipinski definition) is 0. The van der Waals surface area contributed by atoms with Crippen molar-refractivity contribution >= 4 is 22.0 Å². The highest BCUT2D eigenvalue weighted by Gasteiger charge is 2.17. The Morgan fingerprint density at radius 1 is 1.28 bits per heavy atom. The Bertz CT molecular complexity index is 414. The molecule has 2 rings (SSSR count). The molecule has 1 aromatic carbocycles. The van der Waals surface area contributed by atoms with Gasteiger partial charge in [0.15, 0.2) is 0 Å². The Morgan fingerprint density at radius 3 is 2.67 bits per heavy atom. The highest BCUT2D eigenvalue weighted by atomic mass is 79.9. The van der Waals surface area contributed by atoms with Gasteiger partial charge in [-0.25, -0.2) is 8.78 Å². The maximum Gasteiger partial charge on any atom is 0.239 e. The summed E-state index contributed by atoms with van der Waals surface area (Å²) in [5.74, 6) is 0. The number of benzene rings is 1. The van der Waals surface area contributed by atoms with E-state index in [-0.39, 0.29) is 6.42 Å². The van der Waals surface area contributed by atoms with Gasteiger partial charge in [-0.3, -0.25) is 4.90 Å². The number of rotatable bonds is 4. The van der Waals surface area contributed by atoms with Crippen LogP contribution in [0.2, 0.25) is 0 Å². The minimum absolute atomic E-state index is 0.0223. The van der Waals surface area contributed by atoms with E-state index >= 15 is 0 Å². The van der Waals surface area contributed by atoms with Gasteiger partial charge in [-0.15, -0.1) is 0 Å². The molecule has 0 aromatic heterocycles. The molecule has 1 fully saturated rings. The van der Waals surface area contributed by atoms with Gasteiger partial charge in [0.2, 0.25) is 6.43 Å². The summed E-state index contributed by atoms with van der Waals surface area (Å²) in [5.41, 5.74) is 2.50. The quantitative estimate of drug-likeness (QED) is 0.805. The van der Waals surface area contributed by atoms with Crippen LogP contribution in [0.5, 0.6) is 0 Å². The average Bonchev–Trinajstić information content (AvgIpc) is 2.77. The monoisotopic (exact) mass is 315 g/mol. The largest absolute Gasteiger partial charge is 0.299 e. The Kier molecular flexibility index (Phi) is 4.89. The van der Waals surface area contributed by atoms with E-state index in [0.29, 0.717) is 6.54 Å². The van der Waals surface area contributed by atoms with Gasteiger partial charge in [-0.2, -0.15) is 0 Å². The zero-order valence-electron chi connectivity index (χ0n) is 10.1. The van der Waals surface area contributed by atoms with Crippen LogP contribution in [0, 0.1) is 0 Å². The first-order chi connectivity index (χ1) is 8.63. The number of likely N-dealkylation sites (tertiary alicyclic amines) is 1. The second-order valence-electron chi connectivity index (χ2n) is 4.56. The molecule has 0 radical (unpaired) electrons. The third-order valence-electron chi connectivity index (χ3n) is 3.08. The maximum atomic E-state index is 12.1. The average molecular weight is 316 g/mol. The molecular weight excluding hydrogens is 300 g/mol. The molecule has 0 spiro atoms. The lowest BCUT2D eigenvalue weighted by Crippen LogP contribution is -2.22. The van der Waals surface area contributed by atoms with E-state index in [1.807, 2.05) is 12.1 Å². The fraction of sp³-hybridized carbons (Fsp3) is 0.429. The summed E-state index contributed by atoms with van der Waals surface area (Å²) in [6.45, 7) is 2.22. The lowest BCUT2D eigenvalue weighted by atomic mass is 10.1. The summed E-state index contributed by atoms with van der Waals surface area (Å²) in [5, 5.41) is 0. The molecular formula is C14H16BrF2N.